The molecule has 1 amide bonds. The second-order valence-corrected chi connectivity index (χ2v) is 7.37. The average Bonchev–Trinajstić information content (AvgIpc) is 2.73. The quantitative estimate of drug-likeness (QED) is 0.691. The van der Waals surface area contributed by atoms with Crippen LogP contribution in [0.2, 0.25) is 5.02 Å². The number of benzene rings is 2. The summed E-state index contributed by atoms with van der Waals surface area (Å²) >= 11 is 6.16. The number of ether oxygens (including phenoxy) is 1. The zero-order valence-corrected chi connectivity index (χ0v) is 16.2. The van der Waals surface area contributed by atoms with E-state index in [2.05, 4.69) is 15.6 Å². The number of aromatic nitrogens is 1. The number of halogens is 1. The summed E-state index contributed by atoms with van der Waals surface area (Å²) in [6.45, 7) is 1.16. The molecule has 6 heteroatoms. The molecule has 1 aliphatic heterocycles. The predicted molar refractivity (Wildman–Crippen MR) is 110 cm³/mol. The van der Waals surface area contributed by atoms with Gasteiger partial charge in [0.25, 0.3) is 0 Å². The minimum absolute atomic E-state index is 0.00315. The number of carbonyl (C=O) groups excluding carboxylic acids is 1. The fourth-order valence-electron chi connectivity index (χ4n) is 3.46. The molecule has 1 aromatic heterocycles. The van der Waals surface area contributed by atoms with Crippen molar-refractivity contribution in [2.75, 3.05) is 6.54 Å². The Morgan fingerprint density at radius 2 is 2.11 bits per heavy atom. The number of amides is 1. The smallest absolute Gasteiger partial charge is 0.237 e. The van der Waals surface area contributed by atoms with Gasteiger partial charge >= 0.3 is 0 Å². The molecular formula is C22H22ClN3O2. The summed E-state index contributed by atoms with van der Waals surface area (Å²) in [5.74, 6) is 0.790. The first kappa shape index (κ1) is 18.7. The molecule has 0 saturated carbocycles. The minimum atomic E-state index is -0.272. The predicted octanol–water partition coefficient (Wildman–Crippen LogP) is 3.70. The molecule has 0 bridgehead atoms. The molecule has 0 unspecified atom stereocenters. The van der Waals surface area contributed by atoms with E-state index >= 15 is 0 Å². The Balaban J connectivity index is 1.35. The Labute approximate surface area is 169 Å². The highest BCUT2D eigenvalue weighted by Crippen LogP contribution is 2.23. The summed E-state index contributed by atoms with van der Waals surface area (Å²) in [7, 11) is 0. The molecule has 5 nitrogen and oxygen atoms in total. The molecule has 1 fully saturated rings. The lowest BCUT2D eigenvalue weighted by atomic mass is 10.0. The highest BCUT2D eigenvalue weighted by molar-refractivity contribution is 6.31. The first-order valence-corrected chi connectivity index (χ1v) is 9.82. The highest BCUT2D eigenvalue weighted by Gasteiger charge is 2.28. The van der Waals surface area contributed by atoms with Gasteiger partial charge in [0.2, 0.25) is 5.91 Å². The van der Waals surface area contributed by atoms with Crippen molar-refractivity contribution in [3.63, 3.8) is 0 Å². The van der Waals surface area contributed by atoms with Gasteiger partial charge in [-0.2, -0.15) is 0 Å². The van der Waals surface area contributed by atoms with Crippen molar-refractivity contribution < 1.29 is 9.53 Å². The van der Waals surface area contributed by atoms with Crippen LogP contribution < -0.4 is 15.4 Å². The largest absolute Gasteiger partial charge is 0.490 e. The van der Waals surface area contributed by atoms with Crippen molar-refractivity contribution >= 4 is 28.3 Å². The van der Waals surface area contributed by atoms with Crippen molar-refractivity contribution in [2.24, 2.45) is 0 Å². The monoisotopic (exact) mass is 395 g/mol. The van der Waals surface area contributed by atoms with Crippen LogP contribution in [0.15, 0.2) is 60.9 Å². The fourth-order valence-corrected chi connectivity index (χ4v) is 3.67. The van der Waals surface area contributed by atoms with E-state index in [4.69, 9.17) is 16.3 Å². The van der Waals surface area contributed by atoms with Crippen molar-refractivity contribution in [3.05, 3.63) is 71.5 Å². The lowest BCUT2D eigenvalue weighted by Crippen LogP contribution is -2.50. The Hall–Kier alpha value is -2.63. The van der Waals surface area contributed by atoms with Crippen molar-refractivity contribution in [3.8, 4) is 5.75 Å². The third kappa shape index (κ3) is 4.43. The van der Waals surface area contributed by atoms with Crippen molar-refractivity contribution in [1.82, 2.24) is 15.6 Å². The molecule has 1 saturated heterocycles. The standard InChI is InChI=1S/C22H22ClN3O2/c23-20-4-2-1-3-17(20)14-26-22(27)21-12-19(8-10-25-21)28-18-6-5-16-13-24-9-7-15(16)11-18/h1-7,9,11,13,19,21,25H,8,10,12,14H2,(H,26,27)/t19-,21-/m1/s1. The number of hydrogen-bond donors (Lipinski definition) is 2. The molecule has 2 aromatic carbocycles. The summed E-state index contributed by atoms with van der Waals surface area (Å²) in [5, 5.41) is 9.08. The Bertz CT molecular complexity index is 979. The van der Waals surface area contributed by atoms with E-state index in [1.165, 1.54) is 0 Å². The summed E-state index contributed by atoms with van der Waals surface area (Å²) < 4.78 is 6.16. The van der Waals surface area contributed by atoms with E-state index in [-0.39, 0.29) is 18.1 Å². The van der Waals surface area contributed by atoms with Crippen molar-refractivity contribution in [2.45, 2.75) is 31.5 Å². The number of rotatable bonds is 5. The lowest BCUT2D eigenvalue weighted by Gasteiger charge is -2.30. The molecule has 2 N–H and O–H groups in total. The molecule has 3 aromatic rings. The summed E-state index contributed by atoms with van der Waals surface area (Å²) in [6.07, 6.45) is 5.10. The second kappa shape index (κ2) is 8.59. The molecule has 0 radical (unpaired) electrons. The number of hydrogen-bond acceptors (Lipinski definition) is 4. The Morgan fingerprint density at radius 3 is 3.00 bits per heavy atom. The van der Waals surface area contributed by atoms with Gasteiger partial charge in [-0.15, -0.1) is 0 Å². The molecule has 144 valence electrons. The van der Waals surface area contributed by atoms with E-state index in [1.54, 1.807) is 6.20 Å². The number of fused-ring (bicyclic) bond motifs is 1. The van der Waals surface area contributed by atoms with Gasteiger partial charge < -0.3 is 15.4 Å². The number of carbonyl (C=O) groups is 1. The van der Waals surface area contributed by atoms with Crippen LogP contribution in [0.1, 0.15) is 18.4 Å². The van der Waals surface area contributed by atoms with E-state index in [9.17, 15) is 4.79 Å². The van der Waals surface area contributed by atoms with Gasteiger partial charge in [-0.3, -0.25) is 9.78 Å². The molecule has 28 heavy (non-hydrogen) atoms. The van der Waals surface area contributed by atoms with Gasteiger partial charge in [-0.25, -0.2) is 0 Å². The van der Waals surface area contributed by atoms with Crippen LogP contribution in [0.3, 0.4) is 0 Å². The van der Waals surface area contributed by atoms with Gasteiger partial charge in [-0.1, -0.05) is 29.8 Å². The number of nitrogens with zero attached hydrogens (tertiary/aromatic N) is 1. The number of pyridine rings is 1. The van der Waals surface area contributed by atoms with Crippen LogP contribution in [0.4, 0.5) is 0 Å². The lowest BCUT2D eigenvalue weighted by molar-refractivity contribution is -0.124. The maximum atomic E-state index is 12.6. The normalized spacial score (nSPS) is 19.3. The first-order chi connectivity index (χ1) is 13.7. The summed E-state index contributed by atoms with van der Waals surface area (Å²) in [6, 6.07) is 15.2. The third-order valence-corrected chi connectivity index (χ3v) is 5.37. The second-order valence-electron chi connectivity index (χ2n) is 6.96. The Kier molecular flexibility index (Phi) is 5.74. The van der Waals surface area contributed by atoms with Crippen LogP contribution in [0, 0.1) is 0 Å². The van der Waals surface area contributed by atoms with E-state index in [1.807, 2.05) is 54.7 Å². The zero-order chi connectivity index (χ0) is 19.3. The molecule has 0 spiro atoms. The van der Waals surface area contributed by atoms with Gasteiger partial charge in [0, 0.05) is 35.8 Å². The van der Waals surface area contributed by atoms with E-state index < -0.39 is 0 Å². The van der Waals surface area contributed by atoms with Crippen LogP contribution in [0.5, 0.6) is 5.75 Å². The first-order valence-electron chi connectivity index (χ1n) is 9.44. The van der Waals surface area contributed by atoms with Crippen LogP contribution in [-0.2, 0) is 11.3 Å². The van der Waals surface area contributed by atoms with Gasteiger partial charge in [0.05, 0.1) is 6.04 Å². The van der Waals surface area contributed by atoms with Gasteiger partial charge in [-0.05, 0) is 54.2 Å². The van der Waals surface area contributed by atoms with Gasteiger partial charge in [0.1, 0.15) is 11.9 Å². The molecular weight excluding hydrogens is 374 g/mol. The summed E-state index contributed by atoms with van der Waals surface area (Å²) in [4.78, 5) is 16.7. The molecule has 4 rings (SSSR count). The molecule has 2 heterocycles. The maximum absolute atomic E-state index is 12.6. The number of nitrogens with one attached hydrogen (secondary N) is 2. The minimum Gasteiger partial charge on any atom is -0.490 e. The van der Waals surface area contributed by atoms with Crippen LogP contribution in [0.25, 0.3) is 10.8 Å². The third-order valence-electron chi connectivity index (χ3n) is 5.00. The average molecular weight is 396 g/mol. The Morgan fingerprint density at radius 1 is 1.21 bits per heavy atom. The van der Waals surface area contributed by atoms with Crippen molar-refractivity contribution in [1.29, 1.82) is 0 Å². The maximum Gasteiger partial charge on any atom is 0.237 e. The molecule has 0 aliphatic carbocycles. The summed E-state index contributed by atoms with van der Waals surface area (Å²) in [5.41, 5.74) is 0.909. The topological polar surface area (TPSA) is 63.2 Å². The SMILES string of the molecule is O=C(NCc1ccccc1Cl)[C@H]1C[C@H](Oc2ccc3cnccc3c2)CCN1. The van der Waals surface area contributed by atoms with Gasteiger partial charge in [0.15, 0.2) is 0 Å². The fraction of sp³-hybridized carbons (Fsp3) is 0.273. The number of piperidine rings is 1. The van der Waals surface area contributed by atoms with E-state index in [0.717, 1.165) is 35.1 Å². The van der Waals surface area contributed by atoms with Crippen LogP contribution in [-0.4, -0.2) is 29.6 Å². The highest BCUT2D eigenvalue weighted by atomic mass is 35.5. The van der Waals surface area contributed by atoms with Crippen LogP contribution >= 0.6 is 11.6 Å². The van der Waals surface area contributed by atoms with E-state index in [0.29, 0.717) is 18.0 Å². The molecule has 2 atom stereocenters. The zero-order valence-electron chi connectivity index (χ0n) is 15.4. The molecule has 1 aliphatic rings.